The molecule has 0 amide bonds. The first kappa shape index (κ1) is 19.0. The molecule has 0 bridgehead atoms. The van der Waals surface area contributed by atoms with Crippen molar-refractivity contribution < 1.29 is 8.42 Å². The summed E-state index contributed by atoms with van der Waals surface area (Å²) in [6.07, 6.45) is 3.56. The number of pyridine rings is 1. The zero-order valence-corrected chi connectivity index (χ0v) is 18.1. The Balaban J connectivity index is 1.60. The number of hydrogen-bond acceptors (Lipinski definition) is 8. The minimum Gasteiger partial charge on any atom is -0.354 e. The van der Waals surface area contributed by atoms with Gasteiger partial charge in [-0.2, -0.15) is 19.5 Å². The summed E-state index contributed by atoms with van der Waals surface area (Å²) in [5.41, 5.74) is 4.55. The number of nitrogen functional groups attached to an aromatic ring is 1. The highest BCUT2D eigenvalue weighted by molar-refractivity contribution is 7.91. The first-order valence-corrected chi connectivity index (χ1v) is 12.1. The number of hydrogen-bond donors (Lipinski definition) is 1. The van der Waals surface area contributed by atoms with Gasteiger partial charge in [-0.3, -0.25) is 4.98 Å². The van der Waals surface area contributed by atoms with Gasteiger partial charge < -0.3 is 10.7 Å². The molecule has 5 heterocycles. The third-order valence-corrected chi connectivity index (χ3v) is 7.59. The molecule has 1 fully saturated rings. The Morgan fingerprint density at radius 2 is 1.88 bits per heavy atom. The van der Waals surface area contributed by atoms with Crippen LogP contribution in [0.1, 0.15) is 5.69 Å². The Hall–Kier alpha value is -3.73. The molecule has 10 nitrogen and oxygen atoms in total. The van der Waals surface area contributed by atoms with Crippen LogP contribution in [-0.4, -0.2) is 62.5 Å². The molecular formula is C21H20N8O2S. The van der Waals surface area contributed by atoms with Gasteiger partial charge in [-0.1, -0.05) is 18.2 Å². The number of nitrogens with two attached hydrogens (primary N) is 1. The molecule has 0 aliphatic carbocycles. The summed E-state index contributed by atoms with van der Waals surface area (Å²) in [5.74, 6) is 7.06. The molecule has 0 unspecified atom stereocenters. The number of para-hydroxylation sites is 1. The lowest BCUT2D eigenvalue weighted by atomic mass is 10.1. The summed E-state index contributed by atoms with van der Waals surface area (Å²) in [4.78, 5) is 12.8. The maximum Gasteiger partial charge on any atom is 0.187 e. The molecule has 1 aromatic carbocycles. The van der Waals surface area contributed by atoms with Crippen molar-refractivity contribution in [2.45, 2.75) is 6.92 Å². The van der Waals surface area contributed by atoms with Crippen LogP contribution in [0.5, 0.6) is 0 Å². The van der Waals surface area contributed by atoms with Gasteiger partial charge in [-0.05, 0) is 19.1 Å². The standard InChI is InChI=1S/C21H20N8O2S/c1-13-18-20(27-6-8-32(30,31)9-7-27)25-19-16(12-24-28(19)21(18)29(22)26-13)15-10-14-4-2-3-5-17(14)23-11-15/h2-5,10-12H,6-9,22H2,1H3. The van der Waals surface area contributed by atoms with Crippen LogP contribution in [0.3, 0.4) is 0 Å². The largest absolute Gasteiger partial charge is 0.354 e. The third kappa shape index (κ3) is 2.81. The number of nitrogens with zero attached hydrogens (tertiary/aromatic N) is 7. The molecule has 1 aliphatic rings. The van der Waals surface area contributed by atoms with Crippen LogP contribution < -0.4 is 10.7 Å². The topological polar surface area (TPSA) is 124 Å². The first-order valence-electron chi connectivity index (χ1n) is 10.2. The molecule has 5 aromatic rings. The summed E-state index contributed by atoms with van der Waals surface area (Å²) >= 11 is 0. The van der Waals surface area contributed by atoms with Crippen LogP contribution in [0, 0.1) is 6.92 Å². The molecular weight excluding hydrogens is 428 g/mol. The molecule has 0 spiro atoms. The molecule has 4 aromatic heterocycles. The minimum atomic E-state index is -3.03. The number of benzene rings is 1. The van der Waals surface area contributed by atoms with Crippen molar-refractivity contribution in [1.29, 1.82) is 0 Å². The SMILES string of the molecule is Cc1nn(N)c2c1c(N1CCS(=O)(=O)CC1)nc1c(-c3cnc4ccccc4c3)cnn12. The number of rotatable bonds is 2. The summed E-state index contributed by atoms with van der Waals surface area (Å²) in [7, 11) is -3.03. The van der Waals surface area contributed by atoms with Crippen LogP contribution in [0.2, 0.25) is 0 Å². The van der Waals surface area contributed by atoms with E-state index in [1.807, 2.05) is 42.3 Å². The van der Waals surface area contributed by atoms with Crippen LogP contribution >= 0.6 is 0 Å². The normalized spacial score (nSPS) is 16.3. The fourth-order valence-corrected chi connectivity index (χ4v) is 5.54. The van der Waals surface area contributed by atoms with E-state index in [9.17, 15) is 8.42 Å². The van der Waals surface area contributed by atoms with Crippen molar-refractivity contribution in [3.63, 3.8) is 0 Å². The highest BCUT2D eigenvalue weighted by atomic mass is 32.2. The fraction of sp³-hybridized carbons (Fsp3) is 0.238. The number of anilines is 1. The highest BCUT2D eigenvalue weighted by Gasteiger charge is 2.28. The van der Waals surface area contributed by atoms with E-state index < -0.39 is 9.84 Å². The summed E-state index contributed by atoms with van der Waals surface area (Å²) in [6.45, 7) is 2.61. The van der Waals surface area contributed by atoms with Crippen LogP contribution in [-0.2, 0) is 9.84 Å². The minimum absolute atomic E-state index is 0.0951. The van der Waals surface area contributed by atoms with Gasteiger partial charge in [0, 0.05) is 35.8 Å². The van der Waals surface area contributed by atoms with Crippen molar-refractivity contribution >= 4 is 43.2 Å². The molecule has 11 heteroatoms. The number of aromatic nitrogens is 6. The molecule has 162 valence electrons. The zero-order chi connectivity index (χ0) is 22.0. The van der Waals surface area contributed by atoms with Gasteiger partial charge in [-0.15, -0.1) is 0 Å². The molecule has 0 radical (unpaired) electrons. The van der Waals surface area contributed by atoms with Crippen LogP contribution in [0.4, 0.5) is 5.82 Å². The van der Waals surface area contributed by atoms with E-state index in [1.165, 1.54) is 4.79 Å². The lowest BCUT2D eigenvalue weighted by Crippen LogP contribution is -2.41. The van der Waals surface area contributed by atoms with Gasteiger partial charge in [0.15, 0.2) is 21.1 Å². The Morgan fingerprint density at radius 1 is 1.09 bits per heavy atom. The van der Waals surface area contributed by atoms with Crippen molar-refractivity contribution in [2.24, 2.45) is 0 Å². The highest BCUT2D eigenvalue weighted by Crippen LogP contribution is 2.33. The molecule has 2 N–H and O–H groups in total. The van der Waals surface area contributed by atoms with Gasteiger partial charge >= 0.3 is 0 Å². The lowest BCUT2D eigenvalue weighted by Gasteiger charge is -2.28. The Labute approximate surface area is 183 Å². The average Bonchev–Trinajstić information content (AvgIpc) is 3.33. The van der Waals surface area contributed by atoms with Crippen molar-refractivity contribution in [1.82, 2.24) is 29.5 Å². The molecule has 0 saturated carbocycles. The molecule has 0 atom stereocenters. The van der Waals surface area contributed by atoms with Gasteiger partial charge in [0.05, 0.1) is 34.3 Å². The predicted octanol–water partition coefficient (Wildman–Crippen LogP) is 1.55. The predicted molar refractivity (Wildman–Crippen MR) is 123 cm³/mol. The molecule has 6 rings (SSSR count). The van der Waals surface area contributed by atoms with E-state index in [-0.39, 0.29) is 11.5 Å². The quantitative estimate of drug-likeness (QED) is 0.403. The van der Waals surface area contributed by atoms with Gasteiger partial charge in [-0.25, -0.2) is 13.4 Å². The fourth-order valence-electron chi connectivity index (χ4n) is 4.34. The van der Waals surface area contributed by atoms with E-state index in [0.717, 1.165) is 27.4 Å². The summed E-state index contributed by atoms with van der Waals surface area (Å²) < 4.78 is 25.6. The average molecular weight is 449 g/mol. The summed E-state index contributed by atoms with van der Waals surface area (Å²) in [5, 5.41) is 10.7. The first-order chi connectivity index (χ1) is 15.4. The van der Waals surface area contributed by atoms with E-state index in [2.05, 4.69) is 21.2 Å². The Morgan fingerprint density at radius 3 is 2.69 bits per heavy atom. The second-order valence-corrected chi connectivity index (χ2v) is 10.3. The lowest BCUT2D eigenvalue weighted by molar-refractivity contribution is 0.586. The van der Waals surface area contributed by atoms with E-state index in [1.54, 1.807) is 10.7 Å². The van der Waals surface area contributed by atoms with Crippen LogP contribution in [0.15, 0.2) is 42.7 Å². The van der Waals surface area contributed by atoms with Gasteiger partial charge in [0.1, 0.15) is 5.82 Å². The number of aryl methyl sites for hydroxylation is 1. The van der Waals surface area contributed by atoms with Crippen molar-refractivity contribution in [2.75, 3.05) is 35.3 Å². The number of sulfone groups is 1. The number of fused-ring (bicyclic) bond motifs is 4. The molecule has 1 aliphatic heterocycles. The smallest absolute Gasteiger partial charge is 0.187 e. The van der Waals surface area contributed by atoms with Gasteiger partial charge in [0.2, 0.25) is 0 Å². The van der Waals surface area contributed by atoms with Crippen LogP contribution in [0.25, 0.3) is 38.7 Å². The zero-order valence-electron chi connectivity index (χ0n) is 17.3. The van der Waals surface area contributed by atoms with Crippen molar-refractivity contribution in [3.8, 4) is 11.1 Å². The second-order valence-electron chi connectivity index (χ2n) is 8.01. The maximum atomic E-state index is 12.0. The molecule has 1 saturated heterocycles. The van der Waals surface area contributed by atoms with E-state index >= 15 is 0 Å². The van der Waals surface area contributed by atoms with Gasteiger partial charge in [0.25, 0.3) is 0 Å². The monoisotopic (exact) mass is 448 g/mol. The Kier molecular flexibility index (Phi) is 3.94. The second kappa shape index (κ2) is 6.63. The van der Waals surface area contributed by atoms with Crippen molar-refractivity contribution in [3.05, 3.63) is 48.4 Å². The van der Waals surface area contributed by atoms with E-state index in [0.29, 0.717) is 35.9 Å². The third-order valence-electron chi connectivity index (χ3n) is 5.99. The van der Waals surface area contributed by atoms with E-state index in [4.69, 9.17) is 10.8 Å². The molecule has 32 heavy (non-hydrogen) atoms. The maximum absolute atomic E-state index is 12.0. The Bertz CT molecular complexity index is 1620. The summed E-state index contributed by atoms with van der Waals surface area (Å²) in [6, 6.07) is 9.97.